The summed E-state index contributed by atoms with van der Waals surface area (Å²) in [6.07, 6.45) is -1.38. The summed E-state index contributed by atoms with van der Waals surface area (Å²) in [5.74, 6) is -6.35. The number of benzene rings is 4. The molecule has 0 radical (unpaired) electrons. The van der Waals surface area contributed by atoms with Gasteiger partial charge in [-0.25, -0.2) is 0 Å². The van der Waals surface area contributed by atoms with Crippen molar-refractivity contribution >= 4 is 59.3 Å². The van der Waals surface area contributed by atoms with Gasteiger partial charge >= 0.3 is 23.9 Å². The molecule has 6 amide bonds. The smallest absolute Gasteiger partial charge is 0.308 e. The lowest BCUT2D eigenvalue weighted by atomic mass is 10.1. The number of rotatable bonds is 38. The minimum Gasteiger partial charge on any atom is -0.461 e. The van der Waals surface area contributed by atoms with Gasteiger partial charge in [-0.1, -0.05) is 121 Å². The Labute approximate surface area is 489 Å². The van der Waals surface area contributed by atoms with E-state index in [1.165, 1.54) is 21.0 Å². The summed E-state index contributed by atoms with van der Waals surface area (Å²) in [4.78, 5) is 125. The SMILES string of the molecule is COCCOCCNC(=O)[C@@H](CC(=O)OCc1ccccc1)NC(=O)[C@H](CC(=O)OCc1ccccc1)NC(C)=O.COCCOCCNC(=O)[C@@H](CCC(=O)OCc1ccccc1)NC(=O)[C@H](CCC(=O)OCc1ccccc1)NC(C)=O. The first-order valence-electron chi connectivity index (χ1n) is 27.2. The topological polar surface area (TPSA) is 317 Å². The first kappa shape index (κ1) is 69.7. The summed E-state index contributed by atoms with van der Waals surface area (Å²) in [6, 6.07) is 31.2. The maximum Gasteiger partial charge on any atom is 0.308 e. The average Bonchev–Trinajstić information content (AvgIpc) is 3.69. The van der Waals surface area contributed by atoms with Crippen LogP contribution < -0.4 is 31.9 Å². The van der Waals surface area contributed by atoms with Crippen molar-refractivity contribution in [1.82, 2.24) is 31.9 Å². The highest BCUT2D eigenvalue weighted by atomic mass is 16.5. The third-order valence-electron chi connectivity index (χ3n) is 11.6. The molecule has 0 saturated carbocycles. The lowest BCUT2D eigenvalue weighted by Crippen LogP contribution is -2.55. The van der Waals surface area contributed by atoms with Gasteiger partial charge in [-0.05, 0) is 35.1 Å². The van der Waals surface area contributed by atoms with Crippen LogP contribution in [0.4, 0.5) is 0 Å². The second kappa shape index (κ2) is 42.3. The van der Waals surface area contributed by atoms with Gasteiger partial charge in [0.1, 0.15) is 50.6 Å². The molecule has 4 aromatic rings. The third kappa shape index (κ3) is 32.2. The fourth-order valence-corrected chi connectivity index (χ4v) is 7.29. The van der Waals surface area contributed by atoms with Crippen LogP contribution in [0.25, 0.3) is 0 Å². The molecule has 0 aromatic heterocycles. The monoisotopic (exact) mass is 1170 g/mol. The Bertz CT molecular complexity index is 2620. The van der Waals surface area contributed by atoms with E-state index >= 15 is 0 Å². The highest BCUT2D eigenvalue weighted by Crippen LogP contribution is 2.11. The van der Waals surface area contributed by atoms with E-state index in [4.69, 9.17) is 37.9 Å². The molecule has 0 fully saturated rings. The van der Waals surface area contributed by atoms with Gasteiger partial charge in [0.2, 0.25) is 35.4 Å². The Hall–Kier alpha value is -8.58. The molecule has 0 aliphatic rings. The Kier molecular flexibility index (Phi) is 35.1. The summed E-state index contributed by atoms with van der Waals surface area (Å²) in [5, 5.41) is 15.2. The molecular formula is C60H78N6O18. The van der Waals surface area contributed by atoms with Gasteiger partial charge in [-0.2, -0.15) is 0 Å². The van der Waals surface area contributed by atoms with Crippen molar-refractivity contribution in [2.24, 2.45) is 0 Å². The number of carbonyl (C=O) groups excluding carboxylic acids is 10. The first-order valence-corrected chi connectivity index (χ1v) is 27.2. The number of amides is 6. The number of esters is 4. The summed E-state index contributed by atoms with van der Waals surface area (Å²) < 4.78 is 41.5. The van der Waals surface area contributed by atoms with E-state index < -0.39 is 96.3 Å². The van der Waals surface area contributed by atoms with E-state index in [-0.39, 0.29) is 78.4 Å². The molecule has 0 saturated heterocycles. The van der Waals surface area contributed by atoms with E-state index in [2.05, 4.69) is 31.9 Å². The van der Waals surface area contributed by atoms with Gasteiger partial charge in [0, 0.05) is 54.0 Å². The minimum absolute atomic E-state index is 0.0151. The largest absolute Gasteiger partial charge is 0.461 e. The number of carbonyl (C=O) groups is 10. The van der Waals surface area contributed by atoms with Crippen LogP contribution in [0.1, 0.15) is 74.6 Å². The molecule has 84 heavy (non-hydrogen) atoms. The standard InChI is InChI=1S/C31H41N3O9.C29H37N3O9/c1-23(35)33-27(14-16-29(37)43-22-25-11-7-4-8-12-25)31(39)34-26(30(38)32-17-18-41-20-19-40-2)13-15-28(36)42-21-24-9-5-3-6-10-24;1-21(33)31-25(18-27(35)41-20-23-11-7-4-8-12-23)29(37)32-24(28(36)30-13-14-39-16-15-38-2)17-26(34)40-19-22-9-5-3-6-10-22/h3-12,26-27H,13-22H2,1-2H3,(H,32,38)(H,33,35)(H,34,39);3-12,24-25H,13-20H2,1-2H3,(H,30,36)(H,31,33)(H,32,37)/t26-,27+;24-,25+/m11/s1. The summed E-state index contributed by atoms with van der Waals surface area (Å²) >= 11 is 0. The van der Waals surface area contributed by atoms with Crippen molar-refractivity contribution in [3.63, 3.8) is 0 Å². The molecule has 6 N–H and O–H groups in total. The van der Waals surface area contributed by atoms with E-state index in [0.717, 1.165) is 22.3 Å². The van der Waals surface area contributed by atoms with Crippen LogP contribution in [0.5, 0.6) is 0 Å². The van der Waals surface area contributed by atoms with Gasteiger partial charge < -0.3 is 69.8 Å². The van der Waals surface area contributed by atoms with Crippen molar-refractivity contribution in [2.75, 3.05) is 67.0 Å². The Morgan fingerprint density at radius 1 is 0.357 bits per heavy atom. The van der Waals surface area contributed by atoms with E-state index in [1.807, 2.05) is 72.8 Å². The number of methoxy groups -OCH3 is 2. The van der Waals surface area contributed by atoms with Gasteiger partial charge in [0.25, 0.3) is 0 Å². The fraction of sp³-hybridized carbons (Fsp3) is 0.433. The molecule has 0 heterocycles. The summed E-state index contributed by atoms with van der Waals surface area (Å²) in [7, 11) is 3.08. The van der Waals surface area contributed by atoms with Crippen molar-refractivity contribution in [3.8, 4) is 0 Å². The van der Waals surface area contributed by atoms with Gasteiger partial charge in [0.15, 0.2) is 0 Å². The predicted molar refractivity (Wildman–Crippen MR) is 303 cm³/mol. The molecule has 24 nitrogen and oxygen atoms in total. The minimum atomic E-state index is -1.35. The van der Waals surface area contributed by atoms with Crippen LogP contribution in [0.2, 0.25) is 0 Å². The van der Waals surface area contributed by atoms with Gasteiger partial charge in [-0.3, -0.25) is 47.9 Å². The predicted octanol–water partition coefficient (Wildman–Crippen LogP) is 2.82. The Balaban J connectivity index is 0.000000441. The molecule has 0 unspecified atom stereocenters. The molecule has 0 spiro atoms. The number of hydrogen-bond acceptors (Lipinski definition) is 18. The van der Waals surface area contributed by atoms with Gasteiger partial charge in [0.05, 0.1) is 52.5 Å². The van der Waals surface area contributed by atoms with Crippen molar-refractivity contribution < 1.29 is 85.8 Å². The lowest BCUT2D eigenvalue weighted by Gasteiger charge is -2.22. The van der Waals surface area contributed by atoms with Crippen LogP contribution in [0, 0.1) is 0 Å². The van der Waals surface area contributed by atoms with Crippen LogP contribution in [0.3, 0.4) is 0 Å². The quantitative estimate of drug-likeness (QED) is 0.0214. The summed E-state index contributed by atoms with van der Waals surface area (Å²) in [6.45, 7) is 4.68. The molecule has 4 rings (SSSR count). The fourth-order valence-electron chi connectivity index (χ4n) is 7.29. The molecule has 4 atom stereocenters. The average molecular weight is 1170 g/mol. The zero-order chi connectivity index (χ0) is 61.2. The van der Waals surface area contributed by atoms with Crippen LogP contribution in [-0.4, -0.2) is 150 Å². The maximum atomic E-state index is 13.2. The first-order chi connectivity index (χ1) is 40.6. The zero-order valence-electron chi connectivity index (χ0n) is 47.9. The third-order valence-corrected chi connectivity index (χ3v) is 11.6. The molecule has 456 valence electrons. The molecule has 0 aliphatic heterocycles. The second-order valence-corrected chi connectivity index (χ2v) is 18.5. The lowest BCUT2D eigenvalue weighted by molar-refractivity contribution is -0.149. The highest BCUT2D eigenvalue weighted by Gasteiger charge is 2.31. The Morgan fingerprint density at radius 3 is 1.01 bits per heavy atom. The van der Waals surface area contributed by atoms with Crippen LogP contribution in [-0.2, 0) is 112 Å². The van der Waals surface area contributed by atoms with Crippen LogP contribution >= 0.6 is 0 Å². The second-order valence-electron chi connectivity index (χ2n) is 18.5. The number of nitrogens with one attached hydrogen (secondary N) is 6. The molecule has 0 bridgehead atoms. The normalized spacial score (nSPS) is 12.0. The van der Waals surface area contributed by atoms with E-state index in [1.54, 1.807) is 55.6 Å². The Morgan fingerprint density at radius 2 is 0.655 bits per heavy atom. The maximum absolute atomic E-state index is 13.2. The van der Waals surface area contributed by atoms with Crippen molar-refractivity contribution in [2.45, 2.75) is 103 Å². The number of ether oxygens (including phenoxy) is 8. The zero-order valence-corrected chi connectivity index (χ0v) is 47.9. The van der Waals surface area contributed by atoms with Crippen molar-refractivity contribution in [1.29, 1.82) is 0 Å². The summed E-state index contributed by atoms with van der Waals surface area (Å²) in [5.41, 5.74) is 3.12. The van der Waals surface area contributed by atoms with E-state index in [9.17, 15) is 47.9 Å². The van der Waals surface area contributed by atoms with Crippen LogP contribution in [0.15, 0.2) is 121 Å². The molecule has 0 aliphatic carbocycles. The van der Waals surface area contributed by atoms with Gasteiger partial charge in [-0.15, -0.1) is 0 Å². The molecule has 24 heteroatoms. The molecule has 4 aromatic carbocycles. The van der Waals surface area contributed by atoms with E-state index in [0.29, 0.717) is 26.4 Å². The van der Waals surface area contributed by atoms with Crippen molar-refractivity contribution in [3.05, 3.63) is 144 Å². The molecular weight excluding hydrogens is 1090 g/mol. The highest BCUT2D eigenvalue weighted by molar-refractivity contribution is 5.95. The number of hydrogen-bond donors (Lipinski definition) is 6.